The second-order valence-electron chi connectivity index (χ2n) is 10.7. The maximum atomic E-state index is 11.1. The Morgan fingerprint density at radius 2 is 1.30 bits per heavy atom. The monoisotopic (exact) mass is 448 g/mol. The lowest BCUT2D eigenvalue weighted by molar-refractivity contribution is 0.155. The van der Waals surface area contributed by atoms with Crippen molar-refractivity contribution in [3.63, 3.8) is 0 Å². The van der Waals surface area contributed by atoms with Crippen LogP contribution in [0, 0.1) is 27.7 Å². The molecule has 2 aliphatic heterocycles. The molecule has 2 N–H and O–H groups in total. The smallest absolute Gasteiger partial charge is 0.132 e. The largest absolute Gasteiger partial charge is 0.507 e. The zero-order chi connectivity index (χ0) is 24.5. The lowest BCUT2D eigenvalue weighted by Crippen LogP contribution is -2.30. The van der Waals surface area contributed by atoms with Crippen molar-refractivity contribution in [2.24, 2.45) is 0 Å². The summed E-state index contributed by atoms with van der Waals surface area (Å²) >= 11 is 0. The van der Waals surface area contributed by atoms with E-state index in [0.717, 1.165) is 61.6 Å². The fraction of sp³-hybridized carbons (Fsp3) is 0.448. The number of phenols is 2. The van der Waals surface area contributed by atoms with E-state index in [2.05, 4.69) is 32.9 Å². The van der Waals surface area contributed by atoms with Gasteiger partial charge in [0, 0.05) is 27.8 Å². The number of fused-ring (bicyclic) bond motifs is 2. The molecule has 0 amide bonds. The van der Waals surface area contributed by atoms with Crippen molar-refractivity contribution >= 4 is 11.6 Å². The van der Waals surface area contributed by atoms with E-state index in [0.29, 0.717) is 24.3 Å². The lowest BCUT2D eigenvalue weighted by Gasteiger charge is -2.34. The minimum absolute atomic E-state index is 0.316. The third-order valence-electron chi connectivity index (χ3n) is 7.12. The van der Waals surface area contributed by atoms with Crippen LogP contribution in [0.5, 0.6) is 23.0 Å². The molecule has 0 aliphatic carbocycles. The first kappa shape index (κ1) is 23.3. The molecule has 0 spiro atoms. The van der Waals surface area contributed by atoms with Crippen LogP contribution in [0.4, 0.5) is 0 Å². The van der Waals surface area contributed by atoms with Gasteiger partial charge >= 0.3 is 0 Å². The molecule has 2 aromatic carbocycles. The van der Waals surface area contributed by atoms with Crippen molar-refractivity contribution in [1.82, 2.24) is 0 Å². The van der Waals surface area contributed by atoms with Crippen molar-refractivity contribution in [2.75, 3.05) is 0 Å². The number of hydrogen-bond donors (Lipinski definition) is 2. The highest BCUT2D eigenvalue weighted by molar-refractivity contribution is 5.79. The standard InChI is InChI=1S/C29H36O4/c1-15-14-29(8,9)33-27-20(18(4)24(30)19(5)23(15)27)10-11-21-22-12-13-28(6,7)32-26(22)17(3)16(2)25(21)31/h12-14,30-31H,10-11H2,1-9H3. The SMILES string of the molecule is CC1=CC(C)(C)Oc2c(CCc3c(O)c(C)c(C)c4c3C=CC(C)(C)O4)c(C)c(O)c(C)c21. The molecule has 0 saturated heterocycles. The van der Waals surface area contributed by atoms with Gasteiger partial charge in [0.2, 0.25) is 0 Å². The average Bonchev–Trinajstić information content (AvgIpc) is 2.71. The van der Waals surface area contributed by atoms with E-state index in [9.17, 15) is 10.2 Å². The first-order chi connectivity index (χ1) is 15.2. The van der Waals surface area contributed by atoms with Crippen LogP contribution in [0.2, 0.25) is 0 Å². The summed E-state index contributed by atoms with van der Waals surface area (Å²) in [4.78, 5) is 0. The molecule has 0 aromatic heterocycles. The summed E-state index contributed by atoms with van der Waals surface area (Å²) in [5.74, 6) is 2.32. The molecule has 0 bridgehead atoms. The molecule has 4 heteroatoms. The number of phenolic OH excluding ortho intramolecular Hbond substituents is 2. The van der Waals surface area contributed by atoms with Gasteiger partial charge < -0.3 is 19.7 Å². The van der Waals surface area contributed by atoms with Gasteiger partial charge in [-0.15, -0.1) is 0 Å². The normalized spacial score (nSPS) is 17.5. The van der Waals surface area contributed by atoms with E-state index < -0.39 is 5.60 Å². The van der Waals surface area contributed by atoms with Gasteiger partial charge in [-0.2, -0.15) is 0 Å². The number of hydrogen-bond acceptors (Lipinski definition) is 4. The van der Waals surface area contributed by atoms with Crippen LogP contribution in [0.15, 0.2) is 12.2 Å². The van der Waals surface area contributed by atoms with Crippen molar-refractivity contribution < 1.29 is 19.7 Å². The van der Waals surface area contributed by atoms with Gasteiger partial charge in [-0.1, -0.05) is 6.08 Å². The highest BCUT2D eigenvalue weighted by Gasteiger charge is 2.32. The van der Waals surface area contributed by atoms with Crippen molar-refractivity contribution in [2.45, 2.75) is 86.4 Å². The first-order valence-electron chi connectivity index (χ1n) is 11.7. The van der Waals surface area contributed by atoms with Crippen LogP contribution in [0.1, 0.15) is 79.1 Å². The van der Waals surface area contributed by atoms with E-state index in [1.807, 2.05) is 47.6 Å². The van der Waals surface area contributed by atoms with E-state index in [4.69, 9.17) is 9.47 Å². The number of rotatable bonds is 3. The van der Waals surface area contributed by atoms with E-state index >= 15 is 0 Å². The summed E-state index contributed by atoms with van der Waals surface area (Å²) in [6.07, 6.45) is 7.45. The maximum absolute atomic E-state index is 11.1. The molecule has 176 valence electrons. The third kappa shape index (κ3) is 3.80. The minimum Gasteiger partial charge on any atom is -0.507 e. The average molecular weight is 449 g/mol. The summed E-state index contributed by atoms with van der Waals surface area (Å²) in [6, 6.07) is 0. The second-order valence-corrected chi connectivity index (χ2v) is 10.7. The fourth-order valence-electron chi connectivity index (χ4n) is 5.24. The molecule has 2 heterocycles. The molecule has 0 unspecified atom stereocenters. The van der Waals surface area contributed by atoms with Crippen molar-refractivity contribution in [3.05, 3.63) is 56.7 Å². The molecule has 0 saturated carbocycles. The zero-order valence-electron chi connectivity index (χ0n) is 21.4. The van der Waals surface area contributed by atoms with Gasteiger partial charge in [-0.25, -0.2) is 0 Å². The second kappa shape index (κ2) is 7.58. The molecule has 2 aliphatic rings. The summed E-state index contributed by atoms with van der Waals surface area (Å²) in [7, 11) is 0. The highest BCUT2D eigenvalue weighted by Crippen LogP contribution is 2.47. The maximum Gasteiger partial charge on any atom is 0.132 e. The molecule has 33 heavy (non-hydrogen) atoms. The number of benzene rings is 2. The molecule has 0 atom stereocenters. The predicted octanol–water partition coefficient (Wildman–Crippen LogP) is 6.88. The predicted molar refractivity (Wildman–Crippen MR) is 135 cm³/mol. The Morgan fingerprint density at radius 3 is 1.97 bits per heavy atom. The Hall–Kier alpha value is -2.88. The highest BCUT2D eigenvalue weighted by atomic mass is 16.5. The molecular formula is C29H36O4. The van der Waals surface area contributed by atoms with Gasteiger partial charge in [0.1, 0.15) is 34.2 Å². The summed E-state index contributed by atoms with van der Waals surface area (Å²) in [6.45, 7) is 18.1. The van der Waals surface area contributed by atoms with Crippen LogP contribution < -0.4 is 9.47 Å². The van der Waals surface area contributed by atoms with Crippen molar-refractivity contribution in [1.29, 1.82) is 0 Å². The summed E-state index contributed by atoms with van der Waals surface area (Å²) < 4.78 is 12.7. The molecule has 4 nitrogen and oxygen atoms in total. The summed E-state index contributed by atoms with van der Waals surface area (Å²) in [5.41, 5.74) is 7.57. The van der Waals surface area contributed by atoms with Crippen LogP contribution >= 0.6 is 0 Å². The van der Waals surface area contributed by atoms with Crippen LogP contribution in [-0.4, -0.2) is 21.4 Å². The molecular weight excluding hydrogens is 412 g/mol. The van der Waals surface area contributed by atoms with E-state index in [1.165, 1.54) is 0 Å². The Bertz CT molecular complexity index is 1230. The first-order valence-corrected chi connectivity index (χ1v) is 11.7. The van der Waals surface area contributed by atoms with E-state index in [-0.39, 0.29) is 5.60 Å². The lowest BCUT2D eigenvalue weighted by atomic mass is 9.85. The Morgan fingerprint density at radius 1 is 0.697 bits per heavy atom. The van der Waals surface area contributed by atoms with Gasteiger partial charge in [0.05, 0.1) is 0 Å². The number of aromatic hydroxyl groups is 2. The van der Waals surface area contributed by atoms with Gasteiger partial charge in [0.25, 0.3) is 0 Å². The van der Waals surface area contributed by atoms with Gasteiger partial charge in [-0.05, 0) is 110 Å². The third-order valence-corrected chi connectivity index (χ3v) is 7.12. The number of ether oxygens (including phenoxy) is 2. The zero-order valence-corrected chi connectivity index (χ0v) is 21.4. The van der Waals surface area contributed by atoms with Crippen molar-refractivity contribution in [3.8, 4) is 23.0 Å². The van der Waals surface area contributed by atoms with Gasteiger partial charge in [-0.3, -0.25) is 0 Å². The van der Waals surface area contributed by atoms with Crippen LogP contribution in [0.25, 0.3) is 11.6 Å². The Kier molecular flexibility index (Phi) is 5.35. The quantitative estimate of drug-likeness (QED) is 0.538. The minimum atomic E-state index is -0.425. The topological polar surface area (TPSA) is 58.9 Å². The molecule has 2 aromatic rings. The van der Waals surface area contributed by atoms with E-state index in [1.54, 1.807) is 0 Å². The Labute approximate surface area is 197 Å². The molecule has 0 radical (unpaired) electrons. The molecule has 4 rings (SSSR count). The fourth-order valence-corrected chi connectivity index (χ4v) is 5.24. The Balaban J connectivity index is 1.83. The summed E-state index contributed by atoms with van der Waals surface area (Å²) in [5, 5.41) is 22.0. The van der Waals surface area contributed by atoms with Crippen LogP contribution in [-0.2, 0) is 12.8 Å². The molecule has 0 fully saturated rings. The van der Waals surface area contributed by atoms with Crippen LogP contribution in [0.3, 0.4) is 0 Å². The number of allylic oxidation sites excluding steroid dienone is 1. The van der Waals surface area contributed by atoms with Gasteiger partial charge in [0.15, 0.2) is 0 Å².